The third-order valence-electron chi connectivity index (χ3n) is 12.1. The average Bonchev–Trinajstić information content (AvgIpc) is 3.94. The van der Waals surface area contributed by atoms with Crippen molar-refractivity contribution in [2.45, 2.75) is 58.8 Å². The summed E-state index contributed by atoms with van der Waals surface area (Å²) in [6.45, 7) is 8.81. The zero-order valence-corrected chi connectivity index (χ0v) is 36.8. The number of fused-ring (bicyclic) bond motifs is 2. The molecule has 8 rings (SSSR count). The molecule has 9 nitrogen and oxygen atoms in total. The van der Waals surface area contributed by atoms with Crippen LogP contribution in [0.3, 0.4) is 0 Å². The van der Waals surface area contributed by atoms with Gasteiger partial charge in [-0.3, -0.25) is 14.6 Å². The number of aromatic amines is 2. The number of aromatic nitrogens is 2. The van der Waals surface area contributed by atoms with Gasteiger partial charge in [0.2, 0.25) is 0 Å². The maximum Gasteiger partial charge on any atom is 0.352 e. The quantitative estimate of drug-likeness (QED) is 0.0811. The molecule has 2 aliphatic heterocycles. The fourth-order valence-electron chi connectivity index (χ4n) is 8.42. The third-order valence-corrected chi connectivity index (χ3v) is 12.1. The first kappa shape index (κ1) is 51.3. The molecule has 4 aromatic carbocycles. The van der Waals surface area contributed by atoms with Gasteiger partial charge in [0.25, 0.3) is 17.8 Å². The number of H-pyrrole nitrogens is 2. The number of para-hydroxylation sites is 2. The highest BCUT2D eigenvalue weighted by Crippen LogP contribution is 2.33. The minimum absolute atomic E-state index is 0. The standard InChI is InChI=1S/C25H28F3N3O.C16H23F3N2.C9H7NO2.CH4/c1-2-31(24(32)23-14-19-6-3-4-9-22(19)29-23)16-18-10-12-30(13-11-18)17-25(27,28)20-7-5-8-21(26)15-20;1-2-20-11-13-6-8-21(9-7-13)12-16(18,19)14-4-3-5-15(17)10-14;11-9(12)8-5-6-3-1-2-4-7(6)10-8;/h3-9,14-15,18,29H,2,10-13,16-17H2,1H3;3-5,10,13,20H,2,6-9,11-12H2,1H3;1-5,10H,(H,11,12);1H4. The normalized spacial score (nSPS) is 15.3. The molecule has 15 heteroatoms. The molecule has 356 valence electrons. The lowest BCUT2D eigenvalue weighted by atomic mass is 9.95. The highest BCUT2D eigenvalue weighted by molar-refractivity contribution is 5.98. The Morgan fingerprint density at radius 2 is 1.12 bits per heavy atom. The minimum Gasteiger partial charge on any atom is -0.477 e. The number of carbonyl (C=O) groups excluding carboxylic acids is 1. The summed E-state index contributed by atoms with van der Waals surface area (Å²) in [7, 11) is 0. The van der Waals surface area contributed by atoms with Crippen LogP contribution in [-0.2, 0) is 11.8 Å². The monoisotopic (exact) mass is 920 g/mol. The van der Waals surface area contributed by atoms with Gasteiger partial charge in [0.1, 0.15) is 23.0 Å². The molecule has 0 bridgehead atoms. The Morgan fingerprint density at radius 1 is 0.667 bits per heavy atom. The largest absolute Gasteiger partial charge is 0.477 e. The number of piperidine rings is 2. The van der Waals surface area contributed by atoms with Crippen LogP contribution < -0.4 is 5.32 Å². The summed E-state index contributed by atoms with van der Waals surface area (Å²) in [5.74, 6) is -7.50. The maximum atomic E-state index is 14.6. The van der Waals surface area contributed by atoms with Crippen molar-refractivity contribution in [2.75, 3.05) is 65.4 Å². The number of nitrogens with one attached hydrogen (secondary N) is 3. The van der Waals surface area contributed by atoms with Gasteiger partial charge in [0.15, 0.2) is 0 Å². The van der Waals surface area contributed by atoms with Crippen molar-refractivity contribution in [2.24, 2.45) is 11.8 Å². The number of halogens is 6. The summed E-state index contributed by atoms with van der Waals surface area (Å²) in [5, 5.41) is 13.9. The van der Waals surface area contributed by atoms with Crippen LogP contribution in [0.25, 0.3) is 21.8 Å². The van der Waals surface area contributed by atoms with E-state index in [0.717, 1.165) is 72.7 Å². The van der Waals surface area contributed by atoms with Crippen molar-refractivity contribution in [3.05, 3.63) is 143 Å². The number of carboxylic acids is 1. The predicted octanol–water partition coefficient (Wildman–Crippen LogP) is 11.0. The van der Waals surface area contributed by atoms with Crippen LogP contribution in [0.15, 0.2) is 109 Å². The Labute approximate surface area is 383 Å². The molecule has 0 unspecified atom stereocenters. The van der Waals surface area contributed by atoms with Gasteiger partial charge in [-0.25, -0.2) is 13.6 Å². The van der Waals surface area contributed by atoms with Crippen molar-refractivity contribution >= 4 is 33.7 Å². The molecule has 2 fully saturated rings. The average molecular weight is 921 g/mol. The number of hydrogen-bond donors (Lipinski definition) is 4. The van der Waals surface area contributed by atoms with Gasteiger partial charge in [0.05, 0.1) is 13.1 Å². The first-order valence-corrected chi connectivity index (χ1v) is 22.2. The SMILES string of the molecule is C.CCN(CC1CCN(CC(F)(F)c2cccc(F)c2)CC1)C(=O)c1cc2ccccc2[nH]1.CCNCC1CCN(CC(F)(F)c2cccc(F)c2)CC1.O=C(O)c1cc2ccccc2[nH]1. The van der Waals surface area contributed by atoms with Crippen LogP contribution >= 0.6 is 0 Å². The molecule has 0 atom stereocenters. The van der Waals surface area contributed by atoms with Crippen molar-refractivity contribution in [3.63, 3.8) is 0 Å². The smallest absolute Gasteiger partial charge is 0.352 e. The number of aromatic carboxylic acids is 1. The van der Waals surface area contributed by atoms with Crippen molar-refractivity contribution < 1.29 is 41.0 Å². The number of alkyl halides is 4. The van der Waals surface area contributed by atoms with E-state index in [1.54, 1.807) is 15.9 Å². The molecule has 0 radical (unpaired) electrons. The van der Waals surface area contributed by atoms with Gasteiger partial charge in [0, 0.05) is 46.0 Å². The van der Waals surface area contributed by atoms with Crippen LogP contribution in [-0.4, -0.2) is 107 Å². The summed E-state index contributed by atoms with van der Waals surface area (Å²) >= 11 is 0. The van der Waals surface area contributed by atoms with Gasteiger partial charge in [-0.2, -0.15) is 17.6 Å². The second-order valence-electron chi connectivity index (χ2n) is 16.9. The van der Waals surface area contributed by atoms with Crippen LogP contribution in [0.4, 0.5) is 26.3 Å². The molecule has 6 aromatic rings. The van der Waals surface area contributed by atoms with Gasteiger partial charge < -0.3 is 25.3 Å². The molecule has 4 N–H and O–H groups in total. The molecule has 4 heterocycles. The number of rotatable bonds is 14. The Morgan fingerprint density at radius 3 is 1.56 bits per heavy atom. The topological polar surface area (TPSA) is 108 Å². The fraction of sp³-hybridized carbons (Fsp3) is 0.412. The second kappa shape index (κ2) is 23.7. The first-order chi connectivity index (χ1) is 31.1. The Kier molecular flexibility index (Phi) is 18.4. The molecular formula is C51H62F6N6O3. The van der Waals surface area contributed by atoms with E-state index in [9.17, 15) is 35.9 Å². The van der Waals surface area contributed by atoms with E-state index in [1.807, 2.05) is 66.4 Å². The molecule has 1 amide bonds. The zero-order valence-electron chi connectivity index (χ0n) is 36.8. The van der Waals surface area contributed by atoms with E-state index in [1.165, 1.54) is 36.4 Å². The van der Waals surface area contributed by atoms with E-state index in [-0.39, 0.29) is 42.6 Å². The van der Waals surface area contributed by atoms with Crippen LogP contribution in [0.1, 0.15) is 79.1 Å². The Bertz CT molecular complexity index is 2390. The molecule has 2 saturated heterocycles. The molecule has 2 aromatic heterocycles. The van der Waals surface area contributed by atoms with Crippen molar-refractivity contribution in [3.8, 4) is 0 Å². The highest BCUT2D eigenvalue weighted by atomic mass is 19.3. The number of carbonyl (C=O) groups is 2. The van der Waals surface area contributed by atoms with E-state index in [2.05, 4.69) is 22.2 Å². The van der Waals surface area contributed by atoms with Gasteiger partial charge >= 0.3 is 5.97 Å². The summed E-state index contributed by atoms with van der Waals surface area (Å²) < 4.78 is 84.0. The van der Waals surface area contributed by atoms with E-state index in [0.29, 0.717) is 50.9 Å². The van der Waals surface area contributed by atoms with Crippen LogP contribution in [0.5, 0.6) is 0 Å². The minimum atomic E-state index is -3.10. The Balaban J connectivity index is 0.000000205. The van der Waals surface area contributed by atoms with Crippen molar-refractivity contribution in [1.82, 2.24) is 30.0 Å². The molecule has 66 heavy (non-hydrogen) atoms. The van der Waals surface area contributed by atoms with E-state index in [4.69, 9.17) is 5.11 Å². The lowest BCUT2D eigenvalue weighted by molar-refractivity contribution is -0.0455. The van der Waals surface area contributed by atoms with Crippen molar-refractivity contribution in [1.29, 1.82) is 0 Å². The molecule has 0 saturated carbocycles. The van der Waals surface area contributed by atoms with Crippen LogP contribution in [0, 0.1) is 23.5 Å². The van der Waals surface area contributed by atoms with E-state index < -0.39 is 36.0 Å². The number of amides is 1. The molecular weight excluding hydrogens is 859 g/mol. The first-order valence-electron chi connectivity index (χ1n) is 22.2. The molecule has 2 aliphatic rings. The highest BCUT2D eigenvalue weighted by Gasteiger charge is 2.37. The zero-order chi connectivity index (χ0) is 46.6. The summed E-state index contributed by atoms with van der Waals surface area (Å²) in [6, 6.07) is 28.1. The third kappa shape index (κ3) is 14.2. The molecule has 0 spiro atoms. The number of nitrogens with zero attached hydrogens (tertiary/aromatic N) is 3. The van der Waals surface area contributed by atoms with Crippen LogP contribution in [0.2, 0.25) is 0 Å². The summed E-state index contributed by atoms with van der Waals surface area (Å²) in [4.78, 5) is 34.9. The molecule has 0 aliphatic carbocycles. The van der Waals surface area contributed by atoms with E-state index >= 15 is 0 Å². The maximum absolute atomic E-state index is 14.6. The Hall–Kier alpha value is -5.64. The summed E-state index contributed by atoms with van der Waals surface area (Å²) in [6.07, 6.45) is 3.36. The fourth-order valence-corrected chi connectivity index (χ4v) is 8.42. The summed E-state index contributed by atoms with van der Waals surface area (Å²) in [5.41, 5.74) is 2.06. The second-order valence-corrected chi connectivity index (χ2v) is 16.9. The number of carboxylic acid groups (broad SMARTS) is 1. The van der Waals surface area contributed by atoms with Gasteiger partial charge in [-0.05, 0) is 132 Å². The van der Waals surface area contributed by atoms with Gasteiger partial charge in [-0.15, -0.1) is 0 Å². The predicted molar refractivity (Wildman–Crippen MR) is 249 cm³/mol. The lowest BCUT2D eigenvalue weighted by Gasteiger charge is -2.36. The number of hydrogen-bond acceptors (Lipinski definition) is 5. The lowest BCUT2D eigenvalue weighted by Crippen LogP contribution is -2.44. The van der Waals surface area contributed by atoms with Gasteiger partial charge in [-0.1, -0.05) is 75.0 Å². The number of likely N-dealkylation sites (tertiary alicyclic amines) is 2. The number of benzene rings is 4.